The number of aryl methyl sites for hydroxylation is 1. The Bertz CT molecular complexity index is 871. The molecule has 2 N–H and O–H groups in total. The number of nitrogens with one attached hydrogen (secondary N) is 2. The summed E-state index contributed by atoms with van der Waals surface area (Å²) in [4.78, 5) is 37.5. The van der Waals surface area contributed by atoms with Crippen molar-refractivity contribution in [1.29, 1.82) is 0 Å². The van der Waals surface area contributed by atoms with Crippen molar-refractivity contribution in [1.82, 2.24) is 10.6 Å². The summed E-state index contributed by atoms with van der Waals surface area (Å²) in [6, 6.07) is 17.6. The zero-order valence-electron chi connectivity index (χ0n) is 19.6. The second kappa shape index (κ2) is 13.9. The fraction of sp³-hybridized carbons (Fsp3) is 0.423. The molecule has 7 nitrogen and oxygen atoms in total. The number of benzene rings is 2. The lowest BCUT2D eigenvalue weighted by molar-refractivity contribution is -0.145. The zero-order chi connectivity index (χ0) is 24.1. The van der Waals surface area contributed by atoms with Gasteiger partial charge in [0.1, 0.15) is 18.7 Å². The summed E-state index contributed by atoms with van der Waals surface area (Å²) in [5.74, 6) is -0.799. The molecule has 2 aromatic rings. The van der Waals surface area contributed by atoms with Crippen molar-refractivity contribution in [3.8, 4) is 0 Å². The van der Waals surface area contributed by atoms with Crippen LogP contribution in [0.1, 0.15) is 44.2 Å². The molecule has 0 fully saturated rings. The maximum atomic E-state index is 13.0. The Kier molecular flexibility index (Phi) is 10.9. The number of ether oxygens (including phenoxy) is 2. The molecule has 2 aromatic carbocycles. The van der Waals surface area contributed by atoms with E-state index in [1.54, 1.807) is 0 Å². The minimum atomic E-state index is -0.824. The predicted octanol–water partition coefficient (Wildman–Crippen LogP) is 4.01. The molecule has 0 bridgehead atoms. The molecule has 0 aliphatic heterocycles. The van der Waals surface area contributed by atoms with Crippen LogP contribution >= 0.6 is 0 Å². The summed E-state index contributed by atoms with van der Waals surface area (Å²) in [6.07, 6.45) is 1.64. The van der Waals surface area contributed by atoms with Crippen LogP contribution in [-0.2, 0) is 32.1 Å². The monoisotopic (exact) mass is 454 g/mol. The van der Waals surface area contributed by atoms with Gasteiger partial charge in [0, 0.05) is 0 Å². The predicted molar refractivity (Wildman–Crippen MR) is 126 cm³/mol. The molecule has 0 radical (unpaired) electrons. The van der Waals surface area contributed by atoms with E-state index in [1.165, 1.54) is 7.11 Å². The second-order valence-electron chi connectivity index (χ2n) is 8.35. The molecule has 2 atom stereocenters. The summed E-state index contributed by atoms with van der Waals surface area (Å²) in [5.41, 5.74) is 2.01. The van der Waals surface area contributed by atoms with Gasteiger partial charge in [-0.3, -0.25) is 4.79 Å². The van der Waals surface area contributed by atoms with Gasteiger partial charge in [-0.05, 0) is 42.7 Å². The first-order valence-corrected chi connectivity index (χ1v) is 11.3. The highest BCUT2D eigenvalue weighted by atomic mass is 16.5. The lowest BCUT2D eigenvalue weighted by Gasteiger charge is -2.23. The molecule has 178 valence electrons. The van der Waals surface area contributed by atoms with E-state index >= 15 is 0 Å². The lowest BCUT2D eigenvalue weighted by Crippen LogP contribution is -2.52. The molecular formula is C26H34N2O5. The Morgan fingerprint density at radius 3 is 2.03 bits per heavy atom. The molecule has 0 saturated carbocycles. The number of carbonyl (C=O) groups excluding carboxylic acids is 3. The van der Waals surface area contributed by atoms with Gasteiger partial charge in [0.25, 0.3) is 0 Å². The number of esters is 1. The van der Waals surface area contributed by atoms with E-state index in [4.69, 9.17) is 9.47 Å². The van der Waals surface area contributed by atoms with Crippen LogP contribution in [-0.4, -0.2) is 37.2 Å². The van der Waals surface area contributed by atoms with Gasteiger partial charge in [-0.25, -0.2) is 9.59 Å². The van der Waals surface area contributed by atoms with Crippen LogP contribution in [0.15, 0.2) is 60.7 Å². The number of carbonyl (C=O) groups is 3. The van der Waals surface area contributed by atoms with E-state index in [2.05, 4.69) is 10.6 Å². The van der Waals surface area contributed by atoms with E-state index in [1.807, 2.05) is 74.5 Å². The van der Waals surface area contributed by atoms with Crippen molar-refractivity contribution < 1.29 is 23.9 Å². The highest BCUT2D eigenvalue weighted by Gasteiger charge is 2.28. The minimum absolute atomic E-state index is 0.104. The summed E-state index contributed by atoms with van der Waals surface area (Å²) in [5, 5.41) is 5.39. The Labute approximate surface area is 195 Å². The van der Waals surface area contributed by atoms with Crippen LogP contribution in [0.3, 0.4) is 0 Å². The number of hydrogen-bond acceptors (Lipinski definition) is 5. The Hall–Kier alpha value is -3.35. The third-order valence-corrected chi connectivity index (χ3v) is 5.13. The highest BCUT2D eigenvalue weighted by Crippen LogP contribution is 2.10. The number of rotatable bonds is 12. The summed E-state index contributed by atoms with van der Waals surface area (Å²) >= 11 is 0. The first-order chi connectivity index (χ1) is 15.9. The molecule has 0 aliphatic carbocycles. The number of alkyl carbamates (subject to hydrolysis) is 1. The normalized spacial score (nSPS) is 12.5. The summed E-state index contributed by atoms with van der Waals surface area (Å²) < 4.78 is 10.1. The number of methoxy groups -OCH3 is 1. The van der Waals surface area contributed by atoms with Crippen molar-refractivity contribution in [3.63, 3.8) is 0 Å². The second-order valence-corrected chi connectivity index (χ2v) is 8.35. The molecule has 0 unspecified atom stereocenters. The average Bonchev–Trinajstić information content (AvgIpc) is 2.82. The lowest BCUT2D eigenvalue weighted by atomic mass is 10.0. The third-order valence-electron chi connectivity index (χ3n) is 5.13. The van der Waals surface area contributed by atoms with Gasteiger partial charge in [-0.15, -0.1) is 0 Å². The zero-order valence-corrected chi connectivity index (χ0v) is 19.6. The van der Waals surface area contributed by atoms with Gasteiger partial charge in [0.2, 0.25) is 5.91 Å². The minimum Gasteiger partial charge on any atom is -0.467 e. The van der Waals surface area contributed by atoms with Crippen LogP contribution < -0.4 is 10.6 Å². The van der Waals surface area contributed by atoms with E-state index in [-0.39, 0.29) is 12.5 Å². The summed E-state index contributed by atoms with van der Waals surface area (Å²) in [7, 11) is 1.30. The average molecular weight is 455 g/mol. The van der Waals surface area contributed by atoms with Gasteiger partial charge in [-0.2, -0.15) is 0 Å². The van der Waals surface area contributed by atoms with Crippen molar-refractivity contribution in [2.24, 2.45) is 5.92 Å². The molecular weight excluding hydrogens is 420 g/mol. The summed E-state index contributed by atoms with van der Waals surface area (Å²) in [6.45, 7) is 4.01. The molecule has 2 amide bonds. The largest absolute Gasteiger partial charge is 0.467 e. The van der Waals surface area contributed by atoms with Gasteiger partial charge in [-0.1, -0.05) is 74.5 Å². The number of amides is 2. The van der Waals surface area contributed by atoms with Gasteiger partial charge in [0.05, 0.1) is 7.11 Å². The molecule has 2 rings (SSSR count). The maximum Gasteiger partial charge on any atom is 0.408 e. The van der Waals surface area contributed by atoms with E-state index in [0.29, 0.717) is 19.3 Å². The highest BCUT2D eigenvalue weighted by molar-refractivity contribution is 5.89. The quantitative estimate of drug-likeness (QED) is 0.473. The van der Waals surface area contributed by atoms with Crippen LogP contribution in [0, 0.1) is 5.92 Å². The SMILES string of the molecule is COC(=O)[C@H](CCCc1ccccc1)NC(=O)[C@H](CC(C)C)NC(=O)OCc1ccccc1. The Morgan fingerprint density at radius 2 is 1.45 bits per heavy atom. The van der Waals surface area contributed by atoms with Gasteiger partial charge in [0.15, 0.2) is 0 Å². The van der Waals surface area contributed by atoms with Crippen LogP contribution in [0.5, 0.6) is 0 Å². The molecule has 33 heavy (non-hydrogen) atoms. The van der Waals surface area contributed by atoms with Crippen molar-refractivity contribution in [3.05, 3.63) is 71.8 Å². The molecule has 0 spiro atoms. The topological polar surface area (TPSA) is 93.7 Å². The molecule has 0 aromatic heterocycles. The number of hydrogen-bond donors (Lipinski definition) is 2. The van der Waals surface area contributed by atoms with Gasteiger partial charge >= 0.3 is 12.1 Å². The molecule has 0 aliphatic rings. The fourth-order valence-electron chi connectivity index (χ4n) is 3.43. The van der Waals surface area contributed by atoms with Crippen LogP contribution in [0.2, 0.25) is 0 Å². The van der Waals surface area contributed by atoms with E-state index in [9.17, 15) is 14.4 Å². The standard InChI is InChI=1S/C26H34N2O5/c1-19(2)17-23(28-26(31)33-18-21-13-8-5-9-14-21)24(29)27-22(25(30)32-3)16-10-15-20-11-6-4-7-12-20/h4-9,11-14,19,22-23H,10,15-18H2,1-3H3,(H,27,29)(H,28,31)/t22-,23-/m0/s1. The van der Waals surface area contributed by atoms with E-state index in [0.717, 1.165) is 17.5 Å². The van der Waals surface area contributed by atoms with Crippen LogP contribution in [0.25, 0.3) is 0 Å². The van der Waals surface area contributed by atoms with E-state index < -0.39 is 30.1 Å². The van der Waals surface area contributed by atoms with Crippen molar-refractivity contribution in [2.45, 2.75) is 58.2 Å². The van der Waals surface area contributed by atoms with Gasteiger partial charge < -0.3 is 20.1 Å². The van der Waals surface area contributed by atoms with Crippen molar-refractivity contribution in [2.75, 3.05) is 7.11 Å². The Balaban J connectivity index is 1.94. The first-order valence-electron chi connectivity index (χ1n) is 11.3. The first kappa shape index (κ1) is 25.9. The third kappa shape index (κ3) is 9.76. The smallest absolute Gasteiger partial charge is 0.408 e. The molecule has 7 heteroatoms. The maximum absolute atomic E-state index is 13.0. The molecule has 0 heterocycles. The fourth-order valence-corrected chi connectivity index (χ4v) is 3.43. The van der Waals surface area contributed by atoms with Crippen LogP contribution in [0.4, 0.5) is 4.79 Å². The molecule has 0 saturated heterocycles. The van der Waals surface area contributed by atoms with Crippen molar-refractivity contribution >= 4 is 18.0 Å². The Morgan fingerprint density at radius 1 is 0.848 bits per heavy atom.